The summed E-state index contributed by atoms with van der Waals surface area (Å²) in [6.45, 7) is 1.99. The van der Waals surface area contributed by atoms with Crippen molar-refractivity contribution in [1.29, 1.82) is 0 Å². The number of nitrogen functional groups attached to an aromatic ring is 1. The topological polar surface area (TPSA) is 52.3 Å². The van der Waals surface area contributed by atoms with Crippen LogP contribution in [0.2, 0.25) is 0 Å². The Morgan fingerprint density at radius 3 is 2.81 bits per heavy atom. The number of nitrogens with two attached hydrogens (primary N) is 1. The lowest BCUT2D eigenvalue weighted by molar-refractivity contribution is -0.0557. The van der Waals surface area contributed by atoms with Crippen molar-refractivity contribution in [2.24, 2.45) is 0 Å². The molecule has 0 bridgehead atoms. The average molecular weight is 307 g/mol. The Morgan fingerprint density at radius 1 is 1.29 bits per heavy atom. The molecule has 2 aliphatic rings. The van der Waals surface area contributed by atoms with Gasteiger partial charge in [0.05, 0.1) is 28.3 Å². The van der Waals surface area contributed by atoms with Gasteiger partial charge in [-0.3, -0.25) is 4.21 Å². The molecule has 0 radical (unpaired) electrons. The summed E-state index contributed by atoms with van der Waals surface area (Å²) in [5.74, 6) is 0.603. The van der Waals surface area contributed by atoms with Gasteiger partial charge in [-0.2, -0.15) is 0 Å². The quantitative estimate of drug-likeness (QED) is 0.869. The van der Waals surface area contributed by atoms with Crippen LogP contribution in [0.3, 0.4) is 0 Å². The van der Waals surface area contributed by atoms with Crippen molar-refractivity contribution in [2.45, 2.75) is 68.5 Å². The van der Waals surface area contributed by atoms with Crippen molar-refractivity contribution in [3.8, 4) is 0 Å². The molecule has 1 aliphatic heterocycles. The van der Waals surface area contributed by atoms with Crippen LogP contribution in [0.4, 0.5) is 5.69 Å². The fourth-order valence-electron chi connectivity index (χ4n) is 3.70. The van der Waals surface area contributed by atoms with E-state index < -0.39 is 10.8 Å². The summed E-state index contributed by atoms with van der Waals surface area (Å²) < 4.78 is 18.9. The Kier molecular flexibility index (Phi) is 4.36. The predicted octanol–water partition coefficient (Wildman–Crippen LogP) is 3.57. The smallest absolute Gasteiger partial charge is 0.0702 e. The van der Waals surface area contributed by atoms with Crippen LogP contribution in [-0.4, -0.2) is 21.7 Å². The number of rotatable bonds is 3. The second kappa shape index (κ2) is 6.09. The second-order valence-electron chi connectivity index (χ2n) is 6.56. The minimum atomic E-state index is -1.02. The molecule has 21 heavy (non-hydrogen) atoms. The van der Waals surface area contributed by atoms with Gasteiger partial charge < -0.3 is 10.5 Å². The molecule has 2 fully saturated rings. The summed E-state index contributed by atoms with van der Waals surface area (Å²) in [5.41, 5.74) is 7.66. The van der Waals surface area contributed by atoms with Gasteiger partial charge in [0, 0.05) is 10.6 Å². The highest BCUT2D eigenvalue weighted by Gasteiger charge is 2.41. The molecule has 2 N–H and O–H groups in total. The molecular weight excluding hydrogens is 282 g/mol. The van der Waals surface area contributed by atoms with Crippen LogP contribution in [0.5, 0.6) is 0 Å². The first-order chi connectivity index (χ1) is 10.1. The number of hydrogen-bond acceptors (Lipinski definition) is 3. The first-order valence-corrected chi connectivity index (χ1v) is 9.32. The van der Waals surface area contributed by atoms with E-state index in [1.54, 1.807) is 0 Å². The first kappa shape index (κ1) is 15.0. The van der Waals surface area contributed by atoms with Gasteiger partial charge in [-0.15, -0.1) is 0 Å². The van der Waals surface area contributed by atoms with Crippen LogP contribution in [0.25, 0.3) is 0 Å². The zero-order chi connectivity index (χ0) is 14.9. The maximum absolute atomic E-state index is 12.6. The summed E-state index contributed by atoms with van der Waals surface area (Å²) in [5, 5.41) is 0. The Labute approximate surface area is 129 Å². The van der Waals surface area contributed by atoms with E-state index >= 15 is 0 Å². The number of anilines is 1. The highest BCUT2D eigenvalue weighted by molar-refractivity contribution is 7.85. The van der Waals surface area contributed by atoms with Gasteiger partial charge in [-0.1, -0.05) is 25.3 Å². The molecular formula is C17H25NO2S. The lowest BCUT2D eigenvalue weighted by Crippen LogP contribution is -2.32. The van der Waals surface area contributed by atoms with Gasteiger partial charge in [0.15, 0.2) is 0 Å². The Balaban J connectivity index is 1.64. The van der Waals surface area contributed by atoms with Crippen LogP contribution >= 0.6 is 0 Å². The molecule has 0 aromatic heterocycles. The van der Waals surface area contributed by atoms with E-state index in [9.17, 15) is 4.21 Å². The van der Waals surface area contributed by atoms with Crippen molar-refractivity contribution in [3.63, 3.8) is 0 Å². The van der Waals surface area contributed by atoms with E-state index in [1.165, 1.54) is 32.1 Å². The van der Waals surface area contributed by atoms with Gasteiger partial charge in [-0.05, 0) is 50.3 Å². The molecule has 0 amide bonds. The minimum absolute atomic E-state index is 0.109. The zero-order valence-electron chi connectivity index (χ0n) is 12.8. The molecule has 116 valence electrons. The van der Waals surface area contributed by atoms with Crippen molar-refractivity contribution in [2.75, 3.05) is 11.5 Å². The summed E-state index contributed by atoms with van der Waals surface area (Å²) in [6.07, 6.45) is 8.61. The van der Waals surface area contributed by atoms with Crippen LogP contribution in [0, 0.1) is 6.92 Å². The molecule has 1 aliphatic carbocycles. The van der Waals surface area contributed by atoms with Crippen LogP contribution in [0.1, 0.15) is 50.5 Å². The number of hydrogen-bond donors (Lipinski definition) is 1. The SMILES string of the molecule is Cc1ccc(N)cc1S(=O)CC1CCC2(CCCCC2)O1. The summed E-state index contributed by atoms with van der Waals surface area (Å²) in [7, 11) is -1.02. The molecule has 1 saturated heterocycles. The molecule has 3 nitrogen and oxygen atoms in total. The van der Waals surface area contributed by atoms with Gasteiger partial charge in [0.25, 0.3) is 0 Å². The summed E-state index contributed by atoms with van der Waals surface area (Å²) in [6, 6.07) is 5.65. The number of ether oxygens (including phenoxy) is 1. The maximum Gasteiger partial charge on any atom is 0.0702 e. The molecule has 1 saturated carbocycles. The summed E-state index contributed by atoms with van der Waals surface area (Å²) >= 11 is 0. The second-order valence-corrected chi connectivity index (χ2v) is 8.02. The Morgan fingerprint density at radius 2 is 2.05 bits per heavy atom. The first-order valence-electron chi connectivity index (χ1n) is 8.00. The highest BCUT2D eigenvalue weighted by Crippen LogP contribution is 2.42. The van der Waals surface area contributed by atoms with Crippen LogP contribution in [-0.2, 0) is 15.5 Å². The average Bonchev–Trinajstić information content (AvgIpc) is 2.84. The van der Waals surface area contributed by atoms with Crippen molar-refractivity contribution in [3.05, 3.63) is 23.8 Å². The molecule has 1 aromatic rings. The molecule has 1 spiro atoms. The van der Waals surface area contributed by atoms with Crippen molar-refractivity contribution < 1.29 is 8.95 Å². The van der Waals surface area contributed by atoms with E-state index in [4.69, 9.17) is 10.5 Å². The Hall–Kier alpha value is -0.870. The van der Waals surface area contributed by atoms with E-state index in [1.807, 2.05) is 25.1 Å². The van der Waals surface area contributed by atoms with Crippen molar-refractivity contribution in [1.82, 2.24) is 0 Å². The van der Waals surface area contributed by atoms with Crippen LogP contribution < -0.4 is 5.73 Å². The van der Waals surface area contributed by atoms with Gasteiger partial charge >= 0.3 is 0 Å². The molecule has 3 rings (SSSR count). The fourth-order valence-corrected chi connectivity index (χ4v) is 5.14. The van der Waals surface area contributed by atoms with Gasteiger partial charge in [0.1, 0.15) is 0 Å². The normalized spacial score (nSPS) is 26.0. The standard InChI is InChI=1S/C17H25NO2S/c1-13-5-6-14(18)11-16(13)21(19)12-15-7-10-17(20-15)8-3-2-4-9-17/h5-6,11,15H,2-4,7-10,12,18H2,1H3. The van der Waals surface area contributed by atoms with E-state index in [0.29, 0.717) is 11.4 Å². The van der Waals surface area contributed by atoms with Gasteiger partial charge in [-0.25, -0.2) is 0 Å². The highest BCUT2D eigenvalue weighted by atomic mass is 32.2. The zero-order valence-corrected chi connectivity index (χ0v) is 13.6. The maximum atomic E-state index is 12.6. The third-order valence-corrected chi connectivity index (χ3v) is 6.50. The third kappa shape index (κ3) is 3.32. The third-order valence-electron chi connectivity index (χ3n) is 4.90. The molecule has 2 atom stereocenters. The lowest BCUT2D eigenvalue weighted by atomic mass is 9.83. The fraction of sp³-hybridized carbons (Fsp3) is 0.647. The number of benzene rings is 1. The molecule has 4 heteroatoms. The van der Waals surface area contributed by atoms with Crippen LogP contribution in [0.15, 0.2) is 23.1 Å². The molecule has 1 aromatic carbocycles. The van der Waals surface area contributed by atoms with E-state index in [0.717, 1.165) is 23.3 Å². The molecule has 2 unspecified atom stereocenters. The largest absolute Gasteiger partial charge is 0.399 e. The van der Waals surface area contributed by atoms with Gasteiger partial charge in [0.2, 0.25) is 0 Å². The number of aryl methyl sites for hydroxylation is 1. The Bertz CT molecular complexity index is 538. The minimum Gasteiger partial charge on any atom is -0.399 e. The van der Waals surface area contributed by atoms with Crippen molar-refractivity contribution >= 4 is 16.5 Å². The lowest BCUT2D eigenvalue weighted by Gasteiger charge is -2.33. The van der Waals surface area contributed by atoms with E-state index in [-0.39, 0.29) is 11.7 Å². The predicted molar refractivity (Wildman–Crippen MR) is 86.8 cm³/mol. The monoisotopic (exact) mass is 307 g/mol. The van der Waals surface area contributed by atoms with E-state index in [2.05, 4.69) is 0 Å². The molecule has 1 heterocycles. The summed E-state index contributed by atoms with van der Waals surface area (Å²) in [4.78, 5) is 0.864.